The van der Waals surface area contributed by atoms with Crippen molar-refractivity contribution in [1.29, 1.82) is 0 Å². The van der Waals surface area contributed by atoms with E-state index in [0.29, 0.717) is 30.0 Å². The van der Waals surface area contributed by atoms with Gasteiger partial charge in [-0.2, -0.15) is 0 Å². The van der Waals surface area contributed by atoms with Gasteiger partial charge in [0.15, 0.2) is 11.5 Å². The summed E-state index contributed by atoms with van der Waals surface area (Å²) in [5.74, 6) is 0.372. The number of fused-ring (bicyclic) bond motifs is 1. The Kier molecular flexibility index (Phi) is 6.15. The van der Waals surface area contributed by atoms with Gasteiger partial charge in [-0.1, -0.05) is 17.7 Å². The Bertz CT molecular complexity index is 1270. The van der Waals surface area contributed by atoms with Crippen LogP contribution in [0.4, 0.5) is 5.82 Å². The third-order valence-electron chi connectivity index (χ3n) is 6.18. The van der Waals surface area contributed by atoms with Crippen molar-refractivity contribution in [3.8, 4) is 0 Å². The molecule has 2 aromatic heterocycles. The summed E-state index contributed by atoms with van der Waals surface area (Å²) in [4.78, 5) is 21.5. The number of aryl methyl sites for hydroxylation is 1. The van der Waals surface area contributed by atoms with Crippen molar-refractivity contribution in [1.82, 2.24) is 18.9 Å². The van der Waals surface area contributed by atoms with Gasteiger partial charge in [0, 0.05) is 26.3 Å². The lowest BCUT2D eigenvalue weighted by Gasteiger charge is -2.42. The molecule has 1 atom stereocenters. The number of hydrogen-bond donors (Lipinski definition) is 0. The molecule has 1 aliphatic rings. The van der Waals surface area contributed by atoms with Gasteiger partial charge in [-0.3, -0.25) is 9.80 Å². The molecule has 0 aliphatic carbocycles. The molecule has 0 amide bonds. The number of hydrazine groups is 1. The zero-order valence-corrected chi connectivity index (χ0v) is 20.2. The maximum Gasteiger partial charge on any atom is 0.313 e. The van der Waals surface area contributed by atoms with Crippen LogP contribution in [0.3, 0.4) is 0 Å². The van der Waals surface area contributed by atoms with Gasteiger partial charge in [-0.15, -0.1) is 0 Å². The number of carbonyl (C=O) groups excluding carboxylic acids is 1. The molecule has 176 valence electrons. The molecule has 1 fully saturated rings. The monoisotopic (exact) mass is 471 g/mol. The van der Waals surface area contributed by atoms with Crippen molar-refractivity contribution in [2.75, 3.05) is 31.8 Å². The van der Waals surface area contributed by atoms with E-state index in [9.17, 15) is 13.2 Å². The lowest BCUT2D eigenvalue weighted by atomic mass is 9.82. The summed E-state index contributed by atoms with van der Waals surface area (Å²) in [5.41, 5.74) is 0.668. The van der Waals surface area contributed by atoms with E-state index in [0.717, 1.165) is 24.9 Å². The number of piperidine rings is 1. The molecule has 1 unspecified atom stereocenters. The predicted octanol–water partition coefficient (Wildman–Crippen LogP) is 2.99. The van der Waals surface area contributed by atoms with Crippen molar-refractivity contribution in [2.45, 2.75) is 38.5 Å². The molecular formula is C23H29N5O4S. The molecule has 4 rings (SSSR count). The molecule has 0 radical (unpaired) electrons. The second kappa shape index (κ2) is 8.75. The highest BCUT2D eigenvalue weighted by Gasteiger charge is 2.40. The Hall–Kier alpha value is -2.98. The average molecular weight is 472 g/mol. The first kappa shape index (κ1) is 23.2. The molecule has 0 bridgehead atoms. The van der Waals surface area contributed by atoms with Crippen molar-refractivity contribution in [2.24, 2.45) is 5.41 Å². The van der Waals surface area contributed by atoms with Crippen LogP contribution in [0.15, 0.2) is 47.8 Å². The highest BCUT2D eigenvalue weighted by atomic mass is 32.2. The van der Waals surface area contributed by atoms with E-state index in [1.54, 1.807) is 37.3 Å². The maximum absolute atomic E-state index is 13.3. The van der Waals surface area contributed by atoms with Crippen LogP contribution in [-0.2, 0) is 19.6 Å². The Morgan fingerprint density at radius 1 is 1.21 bits per heavy atom. The first-order chi connectivity index (χ1) is 15.7. The quantitative estimate of drug-likeness (QED) is 0.506. The first-order valence-electron chi connectivity index (χ1n) is 11.0. The lowest BCUT2D eigenvalue weighted by molar-refractivity contribution is -0.157. The Balaban J connectivity index is 1.68. The van der Waals surface area contributed by atoms with Gasteiger partial charge in [-0.05, 0) is 51.8 Å². The normalized spacial score (nSPS) is 19.5. The second-order valence-corrected chi connectivity index (χ2v) is 10.5. The van der Waals surface area contributed by atoms with E-state index in [1.165, 1.54) is 16.5 Å². The number of hydrogen-bond acceptors (Lipinski definition) is 8. The standard InChI is InChI=1S/C23H29N5O4S/c1-5-32-22(29)23(3)12-6-13-27(15-23)26(4)20-19-11-14-28(21(19)25-16-24-20)33(30,31)18-9-7-17(2)8-10-18/h7-11,14,16H,5-6,12-13,15H2,1-4H3. The van der Waals surface area contributed by atoms with E-state index in [-0.39, 0.29) is 10.9 Å². The minimum absolute atomic E-state index is 0.195. The van der Waals surface area contributed by atoms with E-state index in [1.807, 2.05) is 30.9 Å². The Morgan fingerprint density at radius 3 is 2.64 bits per heavy atom. The molecule has 10 heteroatoms. The van der Waals surface area contributed by atoms with Crippen molar-refractivity contribution in [3.63, 3.8) is 0 Å². The summed E-state index contributed by atoms with van der Waals surface area (Å²) in [6.07, 6.45) is 4.45. The minimum Gasteiger partial charge on any atom is -0.466 e. The van der Waals surface area contributed by atoms with E-state index in [4.69, 9.17) is 4.74 Å². The predicted molar refractivity (Wildman–Crippen MR) is 125 cm³/mol. The van der Waals surface area contributed by atoms with Gasteiger partial charge < -0.3 is 4.74 Å². The second-order valence-electron chi connectivity index (χ2n) is 8.66. The number of anilines is 1. The molecule has 9 nitrogen and oxygen atoms in total. The summed E-state index contributed by atoms with van der Waals surface area (Å²) in [7, 11) is -1.94. The molecule has 3 aromatic rings. The van der Waals surface area contributed by atoms with Gasteiger partial charge >= 0.3 is 5.97 Å². The van der Waals surface area contributed by atoms with Crippen LogP contribution in [0, 0.1) is 12.3 Å². The zero-order valence-electron chi connectivity index (χ0n) is 19.4. The topological polar surface area (TPSA) is 97.6 Å². The zero-order chi connectivity index (χ0) is 23.8. The van der Waals surface area contributed by atoms with Gasteiger partial charge in [-0.25, -0.2) is 27.4 Å². The highest BCUT2D eigenvalue weighted by Crippen LogP contribution is 2.34. The van der Waals surface area contributed by atoms with Crippen LogP contribution in [0.5, 0.6) is 0 Å². The number of esters is 1. The van der Waals surface area contributed by atoms with Crippen LogP contribution in [-0.4, -0.2) is 60.1 Å². The molecule has 0 saturated carbocycles. The number of carbonyl (C=O) groups is 1. The third kappa shape index (κ3) is 4.20. The molecule has 0 N–H and O–H groups in total. The fourth-order valence-corrected chi connectivity index (χ4v) is 5.57. The van der Waals surface area contributed by atoms with Crippen molar-refractivity contribution < 1.29 is 17.9 Å². The Labute approximate surface area is 194 Å². The van der Waals surface area contributed by atoms with Gasteiger partial charge in [0.1, 0.15) is 6.33 Å². The summed E-state index contributed by atoms with van der Waals surface area (Å²) >= 11 is 0. The number of benzene rings is 1. The fourth-order valence-electron chi connectivity index (χ4n) is 4.27. The van der Waals surface area contributed by atoms with Gasteiger partial charge in [0.2, 0.25) is 0 Å². The van der Waals surface area contributed by atoms with Gasteiger partial charge in [0.25, 0.3) is 10.0 Å². The number of rotatable bonds is 6. The first-order valence-corrected chi connectivity index (χ1v) is 12.4. The van der Waals surface area contributed by atoms with Crippen LogP contribution in [0.2, 0.25) is 0 Å². The smallest absolute Gasteiger partial charge is 0.313 e. The number of nitrogens with zero attached hydrogens (tertiary/aromatic N) is 5. The SMILES string of the molecule is CCOC(=O)C1(C)CCCN(N(C)c2ncnc3c2ccn3S(=O)(=O)c2ccc(C)cc2)C1. The largest absolute Gasteiger partial charge is 0.466 e. The third-order valence-corrected chi connectivity index (χ3v) is 7.86. The fraction of sp³-hybridized carbons (Fsp3) is 0.435. The average Bonchev–Trinajstić information content (AvgIpc) is 3.24. The van der Waals surface area contributed by atoms with Crippen molar-refractivity contribution >= 4 is 32.8 Å². The lowest BCUT2D eigenvalue weighted by Crippen LogP contribution is -2.53. The highest BCUT2D eigenvalue weighted by molar-refractivity contribution is 7.90. The maximum atomic E-state index is 13.3. The van der Waals surface area contributed by atoms with E-state index < -0.39 is 15.4 Å². The van der Waals surface area contributed by atoms with Gasteiger partial charge in [0.05, 0.1) is 22.3 Å². The molecule has 1 saturated heterocycles. The molecule has 3 heterocycles. The number of aromatic nitrogens is 3. The molecule has 33 heavy (non-hydrogen) atoms. The van der Waals surface area contributed by atoms with Crippen LogP contribution in [0.1, 0.15) is 32.3 Å². The summed E-state index contributed by atoms with van der Waals surface area (Å²) in [6, 6.07) is 8.43. The minimum atomic E-state index is -3.81. The summed E-state index contributed by atoms with van der Waals surface area (Å²) in [5, 5.41) is 4.54. The van der Waals surface area contributed by atoms with Crippen LogP contribution >= 0.6 is 0 Å². The Morgan fingerprint density at radius 2 is 1.94 bits per heavy atom. The van der Waals surface area contributed by atoms with E-state index in [2.05, 4.69) is 9.97 Å². The number of ether oxygens (including phenoxy) is 1. The van der Waals surface area contributed by atoms with Crippen LogP contribution in [0.25, 0.3) is 11.0 Å². The molecule has 1 aliphatic heterocycles. The van der Waals surface area contributed by atoms with Crippen LogP contribution < -0.4 is 5.01 Å². The van der Waals surface area contributed by atoms with E-state index >= 15 is 0 Å². The molecular weight excluding hydrogens is 442 g/mol. The summed E-state index contributed by atoms with van der Waals surface area (Å²) in [6.45, 7) is 7.21. The summed E-state index contributed by atoms with van der Waals surface area (Å²) < 4.78 is 33.0. The van der Waals surface area contributed by atoms with Crippen molar-refractivity contribution in [3.05, 3.63) is 48.4 Å². The molecule has 1 aromatic carbocycles. The molecule has 0 spiro atoms.